The summed E-state index contributed by atoms with van der Waals surface area (Å²) in [6.45, 7) is 6.64. The largest absolute Gasteiger partial charge is 0.464 e. The molecule has 1 aromatic carbocycles. The molecule has 2 heterocycles. The zero-order valence-electron chi connectivity index (χ0n) is 15.1. The van der Waals surface area contributed by atoms with Crippen molar-refractivity contribution in [1.29, 1.82) is 0 Å². The SMILES string of the molecule is Cc1ccc2c(CC(=O)OCC(=O)N3CCCC[C@H]3C)coc2c1C. The third-order valence-corrected chi connectivity index (χ3v) is 5.16. The van der Waals surface area contributed by atoms with Crippen LogP contribution < -0.4 is 0 Å². The molecule has 0 unspecified atom stereocenters. The predicted octanol–water partition coefficient (Wildman–Crippen LogP) is 3.54. The van der Waals surface area contributed by atoms with Crippen LogP contribution in [0.3, 0.4) is 0 Å². The Morgan fingerprint density at radius 3 is 2.84 bits per heavy atom. The Kier molecular flexibility index (Phi) is 5.11. The van der Waals surface area contributed by atoms with Crippen molar-refractivity contribution < 1.29 is 18.7 Å². The number of nitrogens with zero attached hydrogens (tertiary/aromatic N) is 1. The molecule has 0 N–H and O–H groups in total. The Balaban J connectivity index is 1.60. The van der Waals surface area contributed by atoms with Crippen molar-refractivity contribution in [3.63, 3.8) is 0 Å². The van der Waals surface area contributed by atoms with Gasteiger partial charge in [-0.2, -0.15) is 0 Å². The second-order valence-electron chi connectivity index (χ2n) is 6.91. The number of carbonyl (C=O) groups excluding carboxylic acids is 2. The number of amides is 1. The van der Waals surface area contributed by atoms with Crippen molar-refractivity contribution in [2.75, 3.05) is 13.2 Å². The van der Waals surface area contributed by atoms with E-state index in [0.717, 1.165) is 53.5 Å². The molecule has 25 heavy (non-hydrogen) atoms. The van der Waals surface area contributed by atoms with E-state index in [4.69, 9.17) is 9.15 Å². The lowest BCUT2D eigenvalue weighted by molar-refractivity contribution is -0.152. The van der Waals surface area contributed by atoms with Gasteiger partial charge in [0.05, 0.1) is 12.7 Å². The zero-order chi connectivity index (χ0) is 18.0. The maximum atomic E-state index is 12.2. The molecule has 0 bridgehead atoms. The number of piperidine rings is 1. The smallest absolute Gasteiger partial charge is 0.310 e. The molecule has 1 aromatic heterocycles. The van der Waals surface area contributed by atoms with Gasteiger partial charge in [0.15, 0.2) is 6.61 Å². The van der Waals surface area contributed by atoms with Crippen LogP contribution in [-0.2, 0) is 20.7 Å². The molecule has 1 amide bonds. The molecule has 5 nitrogen and oxygen atoms in total. The van der Waals surface area contributed by atoms with Gasteiger partial charge < -0.3 is 14.1 Å². The van der Waals surface area contributed by atoms with Crippen LogP contribution in [0, 0.1) is 13.8 Å². The molecular formula is C20H25NO4. The molecular weight excluding hydrogens is 318 g/mol. The summed E-state index contributed by atoms with van der Waals surface area (Å²) in [6.07, 6.45) is 4.89. The van der Waals surface area contributed by atoms with E-state index in [-0.39, 0.29) is 25.0 Å². The van der Waals surface area contributed by atoms with Crippen molar-refractivity contribution in [2.45, 2.75) is 52.5 Å². The van der Waals surface area contributed by atoms with Gasteiger partial charge in [0, 0.05) is 23.5 Å². The van der Waals surface area contributed by atoms with E-state index in [2.05, 4.69) is 0 Å². The molecule has 1 atom stereocenters. The van der Waals surface area contributed by atoms with Crippen molar-refractivity contribution >= 4 is 22.8 Å². The van der Waals surface area contributed by atoms with E-state index >= 15 is 0 Å². The number of ether oxygens (including phenoxy) is 1. The molecule has 0 spiro atoms. The highest BCUT2D eigenvalue weighted by Gasteiger charge is 2.24. The molecule has 3 rings (SSSR count). The van der Waals surface area contributed by atoms with E-state index < -0.39 is 5.97 Å². The normalized spacial score (nSPS) is 17.7. The fourth-order valence-electron chi connectivity index (χ4n) is 3.43. The Bertz CT molecular complexity index is 792. The van der Waals surface area contributed by atoms with Gasteiger partial charge in [-0.25, -0.2) is 0 Å². The van der Waals surface area contributed by atoms with Crippen LogP contribution in [-0.4, -0.2) is 36.0 Å². The number of esters is 1. The first-order valence-electron chi connectivity index (χ1n) is 8.88. The summed E-state index contributed by atoms with van der Waals surface area (Å²) >= 11 is 0. The van der Waals surface area contributed by atoms with E-state index in [9.17, 15) is 9.59 Å². The summed E-state index contributed by atoms with van der Waals surface area (Å²) < 4.78 is 10.8. The molecule has 5 heteroatoms. The van der Waals surface area contributed by atoms with Crippen LogP contribution in [0.15, 0.2) is 22.8 Å². The average molecular weight is 343 g/mol. The molecule has 1 saturated heterocycles. The standard InChI is InChI=1S/C20H25NO4/c1-13-7-8-17-16(11-25-20(17)15(13)3)10-19(23)24-12-18(22)21-9-5-4-6-14(21)2/h7-8,11,14H,4-6,9-10,12H2,1-3H3/t14-/m1/s1. The van der Waals surface area contributed by atoms with Crippen molar-refractivity contribution in [1.82, 2.24) is 4.90 Å². The fraction of sp³-hybridized carbons (Fsp3) is 0.500. The van der Waals surface area contributed by atoms with Gasteiger partial charge in [-0.3, -0.25) is 9.59 Å². The minimum atomic E-state index is -0.404. The van der Waals surface area contributed by atoms with Crippen LogP contribution >= 0.6 is 0 Å². The van der Waals surface area contributed by atoms with Gasteiger partial charge in [-0.05, 0) is 51.2 Å². The van der Waals surface area contributed by atoms with E-state index in [1.807, 2.05) is 37.8 Å². The third kappa shape index (κ3) is 3.70. The number of furan rings is 1. The van der Waals surface area contributed by atoms with Crippen molar-refractivity contribution in [2.24, 2.45) is 0 Å². The van der Waals surface area contributed by atoms with Crippen molar-refractivity contribution in [3.05, 3.63) is 35.1 Å². The van der Waals surface area contributed by atoms with Gasteiger partial charge in [0.2, 0.25) is 0 Å². The van der Waals surface area contributed by atoms with Crippen LogP contribution in [0.4, 0.5) is 0 Å². The minimum absolute atomic E-state index is 0.107. The third-order valence-electron chi connectivity index (χ3n) is 5.16. The first-order valence-corrected chi connectivity index (χ1v) is 8.88. The molecule has 0 saturated carbocycles. The molecule has 0 radical (unpaired) electrons. The van der Waals surface area contributed by atoms with Crippen LogP contribution in [0.25, 0.3) is 11.0 Å². The lowest BCUT2D eigenvalue weighted by atomic mass is 10.0. The molecule has 2 aromatic rings. The second-order valence-corrected chi connectivity index (χ2v) is 6.91. The number of likely N-dealkylation sites (tertiary alicyclic amines) is 1. The summed E-state index contributed by atoms with van der Waals surface area (Å²) in [5, 5.41) is 0.927. The summed E-state index contributed by atoms with van der Waals surface area (Å²) in [4.78, 5) is 26.2. The van der Waals surface area contributed by atoms with Crippen molar-refractivity contribution in [3.8, 4) is 0 Å². The summed E-state index contributed by atoms with van der Waals surface area (Å²) in [6, 6.07) is 4.21. The van der Waals surface area contributed by atoms with Gasteiger partial charge in [-0.1, -0.05) is 12.1 Å². The number of hydrogen-bond acceptors (Lipinski definition) is 4. The second kappa shape index (κ2) is 7.30. The van der Waals surface area contributed by atoms with Crippen LogP contribution in [0.5, 0.6) is 0 Å². The minimum Gasteiger partial charge on any atom is -0.464 e. The fourth-order valence-corrected chi connectivity index (χ4v) is 3.43. The average Bonchev–Trinajstić information content (AvgIpc) is 3.00. The summed E-state index contributed by atoms with van der Waals surface area (Å²) in [5.41, 5.74) is 3.83. The molecule has 1 aliphatic rings. The number of fused-ring (bicyclic) bond motifs is 1. The van der Waals surface area contributed by atoms with Gasteiger partial charge in [0.25, 0.3) is 5.91 Å². The highest BCUT2D eigenvalue weighted by Crippen LogP contribution is 2.27. The van der Waals surface area contributed by atoms with Crippen LogP contribution in [0.2, 0.25) is 0 Å². The lowest BCUT2D eigenvalue weighted by Crippen LogP contribution is -2.44. The Labute approximate surface area is 147 Å². The highest BCUT2D eigenvalue weighted by atomic mass is 16.5. The number of carbonyl (C=O) groups is 2. The topological polar surface area (TPSA) is 59.8 Å². The highest BCUT2D eigenvalue weighted by molar-refractivity contribution is 5.89. The molecule has 1 aliphatic heterocycles. The quantitative estimate of drug-likeness (QED) is 0.797. The molecule has 1 fully saturated rings. The summed E-state index contributed by atoms with van der Waals surface area (Å²) in [7, 11) is 0. The number of hydrogen-bond donors (Lipinski definition) is 0. The molecule has 134 valence electrons. The van der Waals surface area contributed by atoms with Gasteiger partial charge in [-0.15, -0.1) is 0 Å². The maximum Gasteiger partial charge on any atom is 0.310 e. The Hall–Kier alpha value is -2.30. The Morgan fingerprint density at radius 2 is 2.08 bits per heavy atom. The first-order chi connectivity index (χ1) is 12.0. The molecule has 0 aliphatic carbocycles. The predicted molar refractivity (Wildman–Crippen MR) is 95.4 cm³/mol. The lowest BCUT2D eigenvalue weighted by Gasteiger charge is -2.33. The van der Waals surface area contributed by atoms with Crippen LogP contribution in [0.1, 0.15) is 42.9 Å². The summed E-state index contributed by atoms with van der Waals surface area (Å²) in [5.74, 6) is -0.511. The Morgan fingerprint density at radius 1 is 1.28 bits per heavy atom. The zero-order valence-corrected chi connectivity index (χ0v) is 15.1. The van der Waals surface area contributed by atoms with E-state index in [0.29, 0.717) is 0 Å². The first kappa shape index (κ1) is 17.5. The number of aryl methyl sites for hydroxylation is 2. The van der Waals surface area contributed by atoms with E-state index in [1.165, 1.54) is 0 Å². The van der Waals surface area contributed by atoms with Gasteiger partial charge in [0.1, 0.15) is 5.58 Å². The number of rotatable bonds is 4. The van der Waals surface area contributed by atoms with Gasteiger partial charge >= 0.3 is 5.97 Å². The van der Waals surface area contributed by atoms with E-state index in [1.54, 1.807) is 6.26 Å². The number of benzene rings is 1. The monoisotopic (exact) mass is 343 g/mol. The maximum absolute atomic E-state index is 12.2.